The van der Waals surface area contributed by atoms with Crippen LogP contribution in [0.25, 0.3) is 0 Å². The molecular weight excluding hydrogens is 228 g/mol. The van der Waals surface area contributed by atoms with Gasteiger partial charge >= 0.3 is 0 Å². The number of rotatable bonds is 9. The molecule has 108 valence electrons. The minimum atomic E-state index is 1.24. The van der Waals surface area contributed by atoms with Gasteiger partial charge in [-0.25, -0.2) is 0 Å². The van der Waals surface area contributed by atoms with Crippen molar-refractivity contribution in [2.45, 2.75) is 85.5 Å². The van der Waals surface area contributed by atoms with E-state index in [1.165, 1.54) is 57.8 Å². The van der Waals surface area contributed by atoms with Crippen molar-refractivity contribution in [2.24, 2.45) is 0 Å². The van der Waals surface area contributed by atoms with E-state index < -0.39 is 0 Å². The van der Waals surface area contributed by atoms with Gasteiger partial charge in [-0.15, -0.1) is 0 Å². The molecule has 1 aromatic rings. The summed E-state index contributed by atoms with van der Waals surface area (Å²) in [4.78, 5) is 0. The van der Waals surface area contributed by atoms with E-state index in [4.69, 9.17) is 0 Å². The van der Waals surface area contributed by atoms with Gasteiger partial charge in [0.1, 0.15) is 0 Å². The molecule has 0 unspecified atom stereocenters. The van der Waals surface area contributed by atoms with E-state index in [-0.39, 0.29) is 0 Å². The van der Waals surface area contributed by atoms with E-state index in [0.29, 0.717) is 0 Å². The topological polar surface area (TPSA) is 0 Å². The first-order valence-electron chi connectivity index (χ1n) is 8.40. The summed E-state index contributed by atoms with van der Waals surface area (Å²) >= 11 is 0. The molecule has 1 aromatic carbocycles. The van der Waals surface area contributed by atoms with E-state index >= 15 is 0 Å². The van der Waals surface area contributed by atoms with Crippen LogP contribution in [0.2, 0.25) is 0 Å². The Kier molecular flexibility index (Phi) is 7.86. The van der Waals surface area contributed by atoms with Gasteiger partial charge in [0.05, 0.1) is 0 Å². The van der Waals surface area contributed by atoms with E-state index in [9.17, 15) is 0 Å². The monoisotopic (exact) mass is 260 g/mol. The lowest BCUT2D eigenvalue weighted by Gasteiger charge is -2.17. The molecule has 0 spiro atoms. The fraction of sp³-hybridized carbons (Fsp3) is 0.684. The third-order valence-electron chi connectivity index (χ3n) is 3.85. The van der Waals surface area contributed by atoms with Gasteiger partial charge in [0.2, 0.25) is 0 Å². The summed E-state index contributed by atoms with van der Waals surface area (Å²) in [5, 5.41) is 0. The Bertz CT molecular complexity index is 335. The van der Waals surface area contributed by atoms with Crippen molar-refractivity contribution in [2.75, 3.05) is 0 Å². The average Bonchev–Trinajstić information content (AvgIpc) is 2.39. The van der Waals surface area contributed by atoms with Crippen LogP contribution < -0.4 is 0 Å². The van der Waals surface area contributed by atoms with E-state index in [1.807, 2.05) is 0 Å². The standard InChI is InChI=1S/C19H32/c1-5-9-13-19-17(11-7-3)14-16(10-6-2)15-18(19)12-8-4/h14-15H,5-13H2,1-4H3. The summed E-state index contributed by atoms with van der Waals surface area (Å²) in [6.07, 6.45) is 11.5. The maximum absolute atomic E-state index is 2.50. The van der Waals surface area contributed by atoms with E-state index in [1.54, 1.807) is 22.3 Å². The Labute approximate surface area is 120 Å². The summed E-state index contributed by atoms with van der Waals surface area (Å²) in [6.45, 7) is 9.18. The van der Waals surface area contributed by atoms with Gasteiger partial charge < -0.3 is 0 Å². The van der Waals surface area contributed by atoms with Crippen LogP contribution >= 0.6 is 0 Å². The van der Waals surface area contributed by atoms with Gasteiger partial charge in [-0.2, -0.15) is 0 Å². The minimum absolute atomic E-state index is 1.24. The van der Waals surface area contributed by atoms with Crippen molar-refractivity contribution in [1.82, 2.24) is 0 Å². The summed E-state index contributed by atoms with van der Waals surface area (Å²) in [5.41, 5.74) is 6.54. The molecular formula is C19H32. The summed E-state index contributed by atoms with van der Waals surface area (Å²) < 4.78 is 0. The molecule has 0 aromatic heterocycles. The maximum atomic E-state index is 2.50. The lowest BCUT2D eigenvalue weighted by molar-refractivity contribution is 0.761. The zero-order chi connectivity index (χ0) is 14.1. The van der Waals surface area contributed by atoms with Gasteiger partial charge in [-0.05, 0) is 54.4 Å². The van der Waals surface area contributed by atoms with Crippen LogP contribution in [0.5, 0.6) is 0 Å². The smallest absolute Gasteiger partial charge is 0.0274 e. The van der Waals surface area contributed by atoms with Crippen LogP contribution in [-0.2, 0) is 25.7 Å². The van der Waals surface area contributed by atoms with Gasteiger partial charge in [0.25, 0.3) is 0 Å². The molecule has 0 saturated carbocycles. The molecule has 0 aliphatic carbocycles. The van der Waals surface area contributed by atoms with Gasteiger partial charge in [0, 0.05) is 0 Å². The van der Waals surface area contributed by atoms with Crippen molar-refractivity contribution < 1.29 is 0 Å². The molecule has 0 bridgehead atoms. The molecule has 0 aliphatic heterocycles. The zero-order valence-electron chi connectivity index (χ0n) is 13.5. The number of hydrogen-bond acceptors (Lipinski definition) is 0. The fourth-order valence-corrected chi connectivity index (χ4v) is 2.96. The highest BCUT2D eigenvalue weighted by Gasteiger charge is 2.09. The predicted molar refractivity (Wildman–Crippen MR) is 87.0 cm³/mol. The second-order valence-electron chi connectivity index (χ2n) is 5.75. The van der Waals surface area contributed by atoms with Crippen molar-refractivity contribution in [3.63, 3.8) is 0 Å². The molecule has 19 heavy (non-hydrogen) atoms. The largest absolute Gasteiger partial charge is 0.0654 e. The number of aryl methyl sites for hydroxylation is 3. The van der Waals surface area contributed by atoms with Gasteiger partial charge in [-0.1, -0.05) is 65.5 Å². The molecule has 0 saturated heterocycles. The normalized spacial score (nSPS) is 10.9. The number of hydrogen-bond donors (Lipinski definition) is 0. The van der Waals surface area contributed by atoms with Gasteiger partial charge in [-0.3, -0.25) is 0 Å². The Hall–Kier alpha value is -0.780. The molecule has 0 heterocycles. The second kappa shape index (κ2) is 9.18. The van der Waals surface area contributed by atoms with Crippen LogP contribution in [0.4, 0.5) is 0 Å². The maximum Gasteiger partial charge on any atom is -0.0274 e. The first-order valence-corrected chi connectivity index (χ1v) is 8.40. The number of benzene rings is 1. The van der Waals surface area contributed by atoms with Crippen molar-refractivity contribution >= 4 is 0 Å². The van der Waals surface area contributed by atoms with Crippen molar-refractivity contribution in [3.05, 3.63) is 34.4 Å². The number of unbranched alkanes of at least 4 members (excludes halogenated alkanes) is 1. The summed E-state index contributed by atoms with van der Waals surface area (Å²) in [7, 11) is 0. The van der Waals surface area contributed by atoms with Crippen LogP contribution in [0.1, 0.15) is 82.1 Å². The Balaban J connectivity index is 3.11. The fourth-order valence-electron chi connectivity index (χ4n) is 2.96. The van der Waals surface area contributed by atoms with Crippen molar-refractivity contribution in [3.8, 4) is 0 Å². The van der Waals surface area contributed by atoms with Crippen LogP contribution in [-0.4, -0.2) is 0 Å². The summed E-state index contributed by atoms with van der Waals surface area (Å²) in [6, 6.07) is 4.99. The Morgan fingerprint density at radius 1 is 0.632 bits per heavy atom. The molecule has 0 amide bonds. The molecule has 0 N–H and O–H groups in total. The molecule has 0 aliphatic rings. The van der Waals surface area contributed by atoms with Crippen LogP contribution in [0.3, 0.4) is 0 Å². The molecule has 0 atom stereocenters. The molecule has 0 fully saturated rings. The minimum Gasteiger partial charge on any atom is -0.0654 e. The molecule has 1 rings (SSSR count). The second-order valence-corrected chi connectivity index (χ2v) is 5.75. The third kappa shape index (κ3) is 5.01. The quantitative estimate of drug-likeness (QED) is 0.519. The SMILES string of the molecule is CCCCc1c(CCC)cc(CCC)cc1CCC. The first-order chi connectivity index (χ1) is 9.26. The van der Waals surface area contributed by atoms with E-state index in [2.05, 4.69) is 39.8 Å². The van der Waals surface area contributed by atoms with Gasteiger partial charge in [0.15, 0.2) is 0 Å². The highest BCUT2D eigenvalue weighted by Crippen LogP contribution is 2.24. The lowest BCUT2D eigenvalue weighted by Crippen LogP contribution is -2.03. The van der Waals surface area contributed by atoms with E-state index in [0.717, 1.165) is 0 Å². The van der Waals surface area contributed by atoms with Crippen molar-refractivity contribution in [1.29, 1.82) is 0 Å². The summed E-state index contributed by atoms with van der Waals surface area (Å²) in [5.74, 6) is 0. The Morgan fingerprint density at radius 2 is 1.16 bits per heavy atom. The predicted octanol–water partition coefficient (Wildman–Crippen LogP) is 5.89. The molecule has 0 nitrogen and oxygen atoms in total. The Morgan fingerprint density at radius 3 is 1.58 bits per heavy atom. The molecule has 0 heteroatoms. The van der Waals surface area contributed by atoms with Crippen LogP contribution in [0, 0.1) is 0 Å². The highest BCUT2D eigenvalue weighted by molar-refractivity contribution is 5.40. The molecule has 0 radical (unpaired) electrons. The highest BCUT2D eigenvalue weighted by atomic mass is 14.1. The zero-order valence-corrected chi connectivity index (χ0v) is 13.5. The third-order valence-corrected chi connectivity index (χ3v) is 3.85. The first kappa shape index (κ1) is 16.3. The lowest BCUT2D eigenvalue weighted by atomic mass is 9.89. The van der Waals surface area contributed by atoms with Crippen LogP contribution in [0.15, 0.2) is 12.1 Å². The average molecular weight is 260 g/mol.